The average Bonchev–Trinajstić information content (AvgIpc) is 2.10. The first kappa shape index (κ1) is 12.5. The molecule has 0 N–H and O–H groups in total. The van der Waals surface area contributed by atoms with Crippen LogP contribution in [0.1, 0.15) is 25.1 Å². The van der Waals surface area contributed by atoms with Crippen LogP contribution in [0.15, 0.2) is 22.0 Å². The second-order valence-corrected chi connectivity index (χ2v) is 3.56. The highest BCUT2D eigenvalue weighted by molar-refractivity contribution is 5.78. The van der Waals surface area contributed by atoms with E-state index in [0.717, 1.165) is 12.1 Å². The highest BCUT2D eigenvalue weighted by Gasteiger charge is 2.34. The molecular weight excluding hydrogens is 221 g/mol. The van der Waals surface area contributed by atoms with Gasteiger partial charge in [-0.25, -0.2) is 0 Å². The predicted molar refractivity (Wildman–Crippen MR) is 54.6 cm³/mol. The zero-order chi connectivity index (χ0) is 12.5. The van der Waals surface area contributed by atoms with Gasteiger partial charge >= 0.3 is 6.18 Å². The van der Waals surface area contributed by atoms with Gasteiger partial charge in [0.25, 0.3) is 5.56 Å². The zero-order valence-corrected chi connectivity index (χ0v) is 9.09. The third-order valence-electron chi connectivity index (χ3n) is 1.84. The molecule has 0 fully saturated rings. The minimum Gasteiger partial charge on any atom is -0.267 e. The van der Waals surface area contributed by atoms with Crippen molar-refractivity contribution in [3.8, 4) is 0 Å². The van der Waals surface area contributed by atoms with Crippen molar-refractivity contribution in [1.82, 2.24) is 4.68 Å². The normalized spacial score (nSPS) is 11.4. The van der Waals surface area contributed by atoms with Gasteiger partial charge < -0.3 is 0 Å². The van der Waals surface area contributed by atoms with Gasteiger partial charge in [-0.15, -0.1) is 0 Å². The van der Waals surface area contributed by atoms with E-state index in [9.17, 15) is 18.0 Å². The van der Waals surface area contributed by atoms with E-state index >= 15 is 0 Å². The van der Waals surface area contributed by atoms with Crippen molar-refractivity contribution >= 4 is 5.71 Å². The Morgan fingerprint density at radius 2 is 1.88 bits per heavy atom. The molecule has 0 aliphatic carbocycles. The third-order valence-corrected chi connectivity index (χ3v) is 1.84. The minimum absolute atomic E-state index is 0.220. The van der Waals surface area contributed by atoms with E-state index in [1.54, 1.807) is 0 Å². The summed E-state index contributed by atoms with van der Waals surface area (Å²) in [4.78, 5) is 11.5. The number of aryl methyl sites for hydroxylation is 1. The molecule has 0 unspecified atom stereocenters. The van der Waals surface area contributed by atoms with Crippen LogP contribution in [0.2, 0.25) is 0 Å². The van der Waals surface area contributed by atoms with E-state index < -0.39 is 17.4 Å². The lowest BCUT2D eigenvalue weighted by Gasteiger charge is -2.12. The number of halogens is 3. The van der Waals surface area contributed by atoms with Crippen LogP contribution in [0, 0.1) is 6.92 Å². The number of alkyl halides is 3. The third kappa shape index (κ3) is 2.50. The van der Waals surface area contributed by atoms with Gasteiger partial charge in [0.05, 0.1) is 0 Å². The Balaban J connectivity index is 3.59. The van der Waals surface area contributed by atoms with Gasteiger partial charge in [-0.1, -0.05) is 6.07 Å². The lowest BCUT2D eigenvalue weighted by Crippen LogP contribution is -2.27. The Morgan fingerprint density at radius 1 is 1.31 bits per heavy atom. The molecule has 0 aliphatic heterocycles. The molecule has 0 radical (unpaired) electrons. The molecule has 88 valence electrons. The number of rotatable bonds is 1. The summed E-state index contributed by atoms with van der Waals surface area (Å²) in [6.45, 7) is 4.49. The molecule has 0 saturated carbocycles. The fourth-order valence-electron chi connectivity index (χ4n) is 1.14. The summed E-state index contributed by atoms with van der Waals surface area (Å²) in [7, 11) is 0. The Labute approximate surface area is 90.2 Å². The van der Waals surface area contributed by atoms with Crippen molar-refractivity contribution in [2.24, 2.45) is 5.10 Å². The molecule has 0 atom stereocenters. The summed E-state index contributed by atoms with van der Waals surface area (Å²) >= 11 is 0. The van der Waals surface area contributed by atoms with Crippen LogP contribution in [0.5, 0.6) is 0 Å². The molecule has 0 aromatic carbocycles. The summed E-state index contributed by atoms with van der Waals surface area (Å²) in [5, 5.41) is 3.59. The Kier molecular flexibility index (Phi) is 3.21. The number of hydrogen-bond donors (Lipinski definition) is 0. The molecule has 1 aromatic rings. The molecule has 1 heterocycles. The van der Waals surface area contributed by atoms with E-state index in [1.165, 1.54) is 20.8 Å². The topological polar surface area (TPSA) is 34.4 Å². The number of nitrogens with zero attached hydrogens (tertiary/aromatic N) is 2. The van der Waals surface area contributed by atoms with Crippen molar-refractivity contribution in [3.05, 3.63) is 33.7 Å². The second kappa shape index (κ2) is 4.11. The maximum Gasteiger partial charge on any atom is 0.433 e. The molecule has 0 amide bonds. The molecule has 6 heteroatoms. The molecular formula is C10H11F3N2O. The van der Waals surface area contributed by atoms with Crippen LogP contribution >= 0.6 is 0 Å². The summed E-state index contributed by atoms with van der Waals surface area (Å²) in [6.07, 6.45) is -4.59. The molecule has 0 bridgehead atoms. The molecule has 0 saturated heterocycles. The van der Waals surface area contributed by atoms with Crippen LogP contribution in [0.4, 0.5) is 13.2 Å². The van der Waals surface area contributed by atoms with Crippen molar-refractivity contribution in [3.63, 3.8) is 0 Å². The van der Waals surface area contributed by atoms with E-state index in [1.807, 2.05) is 0 Å². The van der Waals surface area contributed by atoms with Gasteiger partial charge in [-0.05, 0) is 26.8 Å². The first-order valence-electron chi connectivity index (χ1n) is 4.55. The van der Waals surface area contributed by atoms with Crippen molar-refractivity contribution < 1.29 is 13.2 Å². The van der Waals surface area contributed by atoms with Crippen molar-refractivity contribution in [1.29, 1.82) is 0 Å². The molecule has 0 spiro atoms. The van der Waals surface area contributed by atoms with Crippen LogP contribution in [-0.2, 0) is 6.18 Å². The maximum atomic E-state index is 12.6. The van der Waals surface area contributed by atoms with E-state index in [-0.39, 0.29) is 5.56 Å². The fraction of sp³-hybridized carbons (Fsp3) is 0.400. The minimum atomic E-state index is -4.59. The standard InChI is InChI=1S/C10H11F3N2O/c1-6(2)14-15-8(10(11,12)13)5-4-7(3)9(15)16/h4-5H,1-3H3. The van der Waals surface area contributed by atoms with Gasteiger partial charge in [0.2, 0.25) is 0 Å². The fourth-order valence-corrected chi connectivity index (χ4v) is 1.14. The van der Waals surface area contributed by atoms with Crippen LogP contribution < -0.4 is 5.56 Å². The Hall–Kier alpha value is -1.59. The van der Waals surface area contributed by atoms with E-state index in [2.05, 4.69) is 5.10 Å². The van der Waals surface area contributed by atoms with E-state index in [0.29, 0.717) is 10.4 Å². The van der Waals surface area contributed by atoms with Gasteiger partial charge in [-0.2, -0.15) is 22.9 Å². The number of aromatic nitrogens is 1. The van der Waals surface area contributed by atoms with Crippen LogP contribution in [-0.4, -0.2) is 10.4 Å². The average molecular weight is 232 g/mol. The largest absolute Gasteiger partial charge is 0.433 e. The summed E-state index contributed by atoms with van der Waals surface area (Å²) in [5.74, 6) is 0. The van der Waals surface area contributed by atoms with E-state index in [4.69, 9.17) is 0 Å². The SMILES string of the molecule is CC(C)=Nn1c(C(F)(F)F)ccc(C)c1=O. The monoisotopic (exact) mass is 232 g/mol. The maximum absolute atomic E-state index is 12.6. The van der Waals surface area contributed by atoms with Crippen molar-refractivity contribution in [2.45, 2.75) is 26.9 Å². The van der Waals surface area contributed by atoms with Crippen LogP contribution in [0.3, 0.4) is 0 Å². The molecule has 1 aromatic heterocycles. The Bertz CT molecular complexity index is 482. The van der Waals surface area contributed by atoms with Crippen molar-refractivity contribution in [2.75, 3.05) is 0 Å². The van der Waals surface area contributed by atoms with Crippen LogP contribution in [0.25, 0.3) is 0 Å². The predicted octanol–water partition coefficient (Wildman–Crippen LogP) is 2.42. The van der Waals surface area contributed by atoms with Gasteiger partial charge in [0.1, 0.15) is 5.69 Å². The van der Waals surface area contributed by atoms with Gasteiger partial charge in [0.15, 0.2) is 0 Å². The van der Waals surface area contributed by atoms with Gasteiger partial charge in [-0.3, -0.25) is 4.79 Å². The number of hydrogen-bond acceptors (Lipinski definition) is 2. The molecule has 1 rings (SSSR count). The van der Waals surface area contributed by atoms with Gasteiger partial charge in [0, 0.05) is 11.3 Å². The quantitative estimate of drug-likeness (QED) is 0.685. The number of pyridine rings is 1. The smallest absolute Gasteiger partial charge is 0.267 e. The molecule has 16 heavy (non-hydrogen) atoms. The highest BCUT2D eigenvalue weighted by Crippen LogP contribution is 2.28. The summed E-state index contributed by atoms with van der Waals surface area (Å²) in [5.41, 5.74) is -1.23. The lowest BCUT2D eigenvalue weighted by molar-refractivity contribution is -0.143. The first-order chi connectivity index (χ1) is 7.23. The lowest BCUT2D eigenvalue weighted by atomic mass is 10.2. The first-order valence-corrected chi connectivity index (χ1v) is 4.55. The second-order valence-electron chi connectivity index (χ2n) is 3.56. The highest BCUT2D eigenvalue weighted by atomic mass is 19.4. The summed E-state index contributed by atoms with van der Waals surface area (Å²) < 4.78 is 38.1. The zero-order valence-electron chi connectivity index (χ0n) is 9.09. The molecule has 0 aliphatic rings. The summed E-state index contributed by atoms with van der Waals surface area (Å²) in [6, 6.07) is 1.99. The molecule has 3 nitrogen and oxygen atoms in total. The Morgan fingerprint density at radius 3 is 2.31 bits per heavy atom.